The molecule has 2 N–H and O–H groups in total. The molecule has 2 aromatic carbocycles. The number of likely N-dealkylation sites (N-methyl/N-ethyl adjacent to an activating group) is 1. The summed E-state index contributed by atoms with van der Waals surface area (Å²) >= 11 is 6.61. The first kappa shape index (κ1) is 30.3. The summed E-state index contributed by atoms with van der Waals surface area (Å²) in [6.45, 7) is 7.02. The van der Waals surface area contributed by atoms with Crippen LogP contribution in [0.15, 0.2) is 67.0 Å². The summed E-state index contributed by atoms with van der Waals surface area (Å²) in [4.78, 5) is 23.4. The van der Waals surface area contributed by atoms with Gasteiger partial charge in [0.15, 0.2) is 0 Å². The standard InChI is InChI=1S/C32H33ClN6O3/c1-6-41-30-17-27-24(16-28(30)38-31(40)8-7-13-39(4)5)32(21(18-34)19-36-27)37-22-9-10-29(25(33)14-22)42-23-11-12-35-26(15-23)20(2)3/h7-12,14-17,19-20H,6,13H2,1-5H3,(H,36,37)(H,38,40)/b8-7+. The fourth-order valence-electron chi connectivity index (χ4n) is 4.10. The number of hydrogen-bond acceptors (Lipinski definition) is 8. The fourth-order valence-corrected chi connectivity index (χ4v) is 4.32. The van der Waals surface area contributed by atoms with Gasteiger partial charge >= 0.3 is 0 Å². The van der Waals surface area contributed by atoms with Gasteiger partial charge in [-0.25, -0.2) is 0 Å². The number of pyridine rings is 2. The molecule has 0 unspecified atom stereocenters. The molecule has 1 amide bonds. The number of carbonyl (C=O) groups excluding carboxylic acids is 1. The van der Waals surface area contributed by atoms with Gasteiger partial charge in [-0.3, -0.25) is 14.8 Å². The summed E-state index contributed by atoms with van der Waals surface area (Å²) < 4.78 is 11.8. The third-order valence-electron chi connectivity index (χ3n) is 6.16. The molecular weight excluding hydrogens is 552 g/mol. The van der Waals surface area contributed by atoms with Gasteiger partial charge in [-0.15, -0.1) is 0 Å². The van der Waals surface area contributed by atoms with Crippen LogP contribution in [0.3, 0.4) is 0 Å². The van der Waals surface area contributed by atoms with Crippen LogP contribution < -0.4 is 20.1 Å². The van der Waals surface area contributed by atoms with Gasteiger partial charge in [0.1, 0.15) is 23.3 Å². The van der Waals surface area contributed by atoms with E-state index in [4.69, 9.17) is 21.1 Å². The average Bonchev–Trinajstić information content (AvgIpc) is 2.95. The molecule has 0 saturated carbocycles. The van der Waals surface area contributed by atoms with Gasteiger partial charge in [-0.2, -0.15) is 5.26 Å². The van der Waals surface area contributed by atoms with Crippen LogP contribution in [0.1, 0.15) is 37.9 Å². The van der Waals surface area contributed by atoms with E-state index >= 15 is 0 Å². The minimum Gasteiger partial charge on any atom is -0.492 e. The van der Waals surface area contributed by atoms with Crippen LogP contribution >= 0.6 is 11.6 Å². The Hall–Kier alpha value is -4.65. The monoisotopic (exact) mass is 584 g/mol. The quantitative estimate of drug-likeness (QED) is 0.177. The Balaban J connectivity index is 1.67. The molecular formula is C32H33ClN6O3. The number of halogens is 1. The molecule has 0 radical (unpaired) electrons. The number of carbonyl (C=O) groups is 1. The molecule has 0 aliphatic carbocycles. The molecule has 0 saturated heterocycles. The van der Waals surface area contributed by atoms with Gasteiger partial charge < -0.3 is 25.0 Å². The summed E-state index contributed by atoms with van der Waals surface area (Å²) in [5.74, 6) is 1.56. The Morgan fingerprint density at radius 1 is 1.14 bits per heavy atom. The number of hydrogen-bond donors (Lipinski definition) is 2. The van der Waals surface area contributed by atoms with Crippen molar-refractivity contribution >= 4 is 45.5 Å². The van der Waals surface area contributed by atoms with Crippen LogP contribution in [-0.2, 0) is 4.79 Å². The van der Waals surface area contributed by atoms with Crippen LogP contribution in [0.4, 0.5) is 17.1 Å². The first-order valence-corrected chi connectivity index (χ1v) is 13.9. The minimum absolute atomic E-state index is 0.262. The van der Waals surface area contributed by atoms with Crippen molar-refractivity contribution in [1.29, 1.82) is 5.26 Å². The van der Waals surface area contributed by atoms with E-state index in [-0.39, 0.29) is 11.8 Å². The highest BCUT2D eigenvalue weighted by molar-refractivity contribution is 6.32. The third kappa shape index (κ3) is 7.55. The number of ether oxygens (including phenoxy) is 2. The maximum atomic E-state index is 12.7. The molecule has 9 nitrogen and oxygen atoms in total. The Morgan fingerprint density at radius 2 is 1.95 bits per heavy atom. The van der Waals surface area contributed by atoms with E-state index in [0.29, 0.717) is 69.0 Å². The van der Waals surface area contributed by atoms with Crippen molar-refractivity contribution < 1.29 is 14.3 Å². The molecule has 0 atom stereocenters. The number of nitrogens with zero attached hydrogens (tertiary/aromatic N) is 4. The lowest BCUT2D eigenvalue weighted by Crippen LogP contribution is -2.13. The van der Waals surface area contributed by atoms with Gasteiger partial charge in [0, 0.05) is 53.9 Å². The number of nitriles is 1. The van der Waals surface area contributed by atoms with E-state index in [1.54, 1.807) is 42.6 Å². The lowest BCUT2D eigenvalue weighted by molar-refractivity contribution is -0.111. The van der Waals surface area contributed by atoms with E-state index in [1.165, 1.54) is 12.3 Å². The number of amides is 1. The van der Waals surface area contributed by atoms with Gasteiger partial charge in [0.05, 0.1) is 34.1 Å². The molecule has 0 aliphatic heterocycles. The summed E-state index contributed by atoms with van der Waals surface area (Å²) in [5.41, 5.74) is 3.45. The van der Waals surface area contributed by atoms with Crippen molar-refractivity contribution in [3.8, 4) is 23.3 Å². The number of anilines is 3. The smallest absolute Gasteiger partial charge is 0.248 e. The first-order chi connectivity index (χ1) is 20.2. The maximum absolute atomic E-state index is 12.7. The number of rotatable bonds is 11. The number of benzene rings is 2. The Morgan fingerprint density at radius 3 is 2.64 bits per heavy atom. The topological polar surface area (TPSA) is 112 Å². The van der Waals surface area contributed by atoms with Crippen molar-refractivity contribution in [2.45, 2.75) is 26.7 Å². The second-order valence-electron chi connectivity index (χ2n) is 10.1. The van der Waals surface area contributed by atoms with Gasteiger partial charge in [-0.05, 0) is 57.3 Å². The van der Waals surface area contributed by atoms with E-state index < -0.39 is 0 Å². The Kier molecular flexibility index (Phi) is 9.97. The van der Waals surface area contributed by atoms with E-state index in [1.807, 2.05) is 38.1 Å². The Bertz CT molecular complexity index is 1660. The zero-order valence-corrected chi connectivity index (χ0v) is 25.0. The SMILES string of the molecule is CCOc1cc2ncc(C#N)c(Nc3ccc(Oc4ccnc(C(C)C)c4)c(Cl)c3)c2cc1NC(=O)/C=C/CN(C)C. The lowest BCUT2D eigenvalue weighted by atomic mass is 10.1. The van der Waals surface area contributed by atoms with Crippen molar-refractivity contribution in [2.24, 2.45) is 0 Å². The predicted octanol–water partition coefficient (Wildman–Crippen LogP) is 7.27. The molecule has 0 fully saturated rings. The highest BCUT2D eigenvalue weighted by Gasteiger charge is 2.16. The molecule has 0 aliphatic rings. The fraction of sp³-hybridized carbons (Fsp3) is 0.250. The highest BCUT2D eigenvalue weighted by atomic mass is 35.5. The summed E-state index contributed by atoms with van der Waals surface area (Å²) in [5, 5.41) is 17.1. The van der Waals surface area contributed by atoms with Crippen molar-refractivity contribution in [3.63, 3.8) is 0 Å². The summed E-state index contributed by atoms with van der Waals surface area (Å²) in [6, 6.07) is 14.7. The number of aromatic nitrogens is 2. The molecule has 4 rings (SSSR count). The van der Waals surface area contributed by atoms with Crippen LogP contribution in [-0.4, -0.2) is 48.0 Å². The molecule has 216 valence electrons. The lowest BCUT2D eigenvalue weighted by Gasteiger charge is -2.16. The molecule has 2 heterocycles. The van der Waals surface area contributed by atoms with Crippen LogP contribution in [0.2, 0.25) is 5.02 Å². The summed E-state index contributed by atoms with van der Waals surface area (Å²) in [7, 11) is 3.84. The molecule has 42 heavy (non-hydrogen) atoms. The third-order valence-corrected chi connectivity index (χ3v) is 6.46. The largest absolute Gasteiger partial charge is 0.492 e. The number of fused-ring (bicyclic) bond motifs is 1. The normalized spacial score (nSPS) is 11.2. The predicted molar refractivity (Wildman–Crippen MR) is 167 cm³/mol. The van der Waals surface area contributed by atoms with Crippen molar-refractivity contribution in [3.05, 3.63) is 83.3 Å². The zero-order chi connectivity index (χ0) is 30.2. The molecule has 0 spiro atoms. The van der Waals surface area contributed by atoms with E-state index in [0.717, 1.165) is 5.69 Å². The van der Waals surface area contributed by atoms with Crippen molar-refractivity contribution in [1.82, 2.24) is 14.9 Å². The van der Waals surface area contributed by atoms with Gasteiger partial charge in [0.2, 0.25) is 5.91 Å². The molecule has 2 aromatic heterocycles. The van der Waals surface area contributed by atoms with E-state index in [2.05, 4.69) is 40.5 Å². The minimum atomic E-state index is -0.298. The van der Waals surface area contributed by atoms with Crippen LogP contribution in [0.5, 0.6) is 17.2 Å². The Labute approximate surface area is 250 Å². The first-order valence-electron chi connectivity index (χ1n) is 13.5. The molecule has 0 bridgehead atoms. The second-order valence-corrected chi connectivity index (χ2v) is 10.5. The maximum Gasteiger partial charge on any atom is 0.248 e. The summed E-state index contributed by atoms with van der Waals surface area (Å²) in [6.07, 6.45) is 6.45. The van der Waals surface area contributed by atoms with Crippen LogP contribution in [0, 0.1) is 11.3 Å². The zero-order valence-electron chi connectivity index (χ0n) is 24.2. The highest BCUT2D eigenvalue weighted by Crippen LogP contribution is 2.38. The molecule has 10 heteroatoms. The van der Waals surface area contributed by atoms with Crippen LogP contribution in [0.25, 0.3) is 10.9 Å². The second kappa shape index (κ2) is 13.8. The van der Waals surface area contributed by atoms with E-state index in [9.17, 15) is 10.1 Å². The van der Waals surface area contributed by atoms with Gasteiger partial charge in [0.25, 0.3) is 0 Å². The number of nitrogens with one attached hydrogen (secondary N) is 2. The average molecular weight is 585 g/mol. The van der Waals surface area contributed by atoms with Gasteiger partial charge in [-0.1, -0.05) is 31.5 Å². The molecule has 4 aromatic rings. The van der Waals surface area contributed by atoms with Crippen molar-refractivity contribution in [2.75, 3.05) is 37.9 Å².